The van der Waals surface area contributed by atoms with Gasteiger partial charge in [-0.2, -0.15) is 11.8 Å². The molecule has 0 spiro atoms. The lowest BCUT2D eigenvalue weighted by Gasteiger charge is -2.39. The van der Waals surface area contributed by atoms with Gasteiger partial charge in [0, 0.05) is 23.6 Å². The fraction of sp³-hybridized carbons (Fsp3) is 0.533. The average molecular weight is 278 g/mol. The molecule has 0 aliphatic carbocycles. The topological polar surface area (TPSA) is 46.3 Å². The first-order valence-corrected chi connectivity index (χ1v) is 7.64. The molecular formula is C15H22N2OS. The van der Waals surface area contributed by atoms with Crippen molar-refractivity contribution in [1.29, 1.82) is 0 Å². The van der Waals surface area contributed by atoms with E-state index in [2.05, 4.69) is 13.8 Å². The highest BCUT2D eigenvalue weighted by molar-refractivity contribution is 8.00. The van der Waals surface area contributed by atoms with E-state index in [-0.39, 0.29) is 5.91 Å². The van der Waals surface area contributed by atoms with Crippen molar-refractivity contribution in [3.8, 4) is 0 Å². The lowest BCUT2D eigenvalue weighted by atomic mass is 9.91. The number of carbonyl (C=O) groups is 1. The molecule has 19 heavy (non-hydrogen) atoms. The van der Waals surface area contributed by atoms with Gasteiger partial charge < -0.3 is 10.6 Å². The lowest BCUT2D eigenvalue weighted by molar-refractivity contribution is -0.136. The molecule has 1 saturated heterocycles. The second-order valence-corrected chi connectivity index (χ2v) is 7.42. The number of hydrogen-bond donors (Lipinski definition) is 1. The van der Waals surface area contributed by atoms with Crippen LogP contribution in [0.25, 0.3) is 0 Å². The van der Waals surface area contributed by atoms with Crippen LogP contribution in [0.4, 0.5) is 0 Å². The third kappa shape index (κ3) is 3.12. The molecule has 4 heteroatoms. The molecule has 3 nitrogen and oxygen atoms in total. The molecular weight excluding hydrogens is 256 g/mol. The zero-order valence-corrected chi connectivity index (χ0v) is 12.6. The van der Waals surface area contributed by atoms with Gasteiger partial charge in [-0.05, 0) is 12.5 Å². The second kappa shape index (κ2) is 5.55. The highest BCUT2D eigenvalue weighted by atomic mass is 32.2. The zero-order valence-electron chi connectivity index (χ0n) is 11.8. The number of thioether (sulfide) groups is 1. The molecule has 1 fully saturated rings. The molecule has 3 unspecified atom stereocenters. The van der Waals surface area contributed by atoms with E-state index in [0.717, 1.165) is 18.7 Å². The molecule has 2 rings (SSSR count). The zero-order chi connectivity index (χ0) is 14.0. The van der Waals surface area contributed by atoms with E-state index in [0.29, 0.717) is 10.5 Å². The number of benzene rings is 1. The van der Waals surface area contributed by atoms with Crippen LogP contribution in [0.2, 0.25) is 0 Å². The Labute approximate surface area is 119 Å². The number of nitrogens with zero attached hydrogens (tertiary/aromatic N) is 1. The van der Waals surface area contributed by atoms with Crippen molar-refractivity contribution in [2.24, 2.45) is 5.73 Å². The van der Waals surface area contributed by atoms with Crippen molar-refractivity contribution in [2.45, 2.75) is 36.8 Å². The maximum absolute atomic E-state index is 12.7. The normalized spacial score (nSPS) is 26.8. The molecule has 0 saturated carbocycles. The number of hydrogen-bond acceptors (Lipinski definition) is 3. The summed E-state index contributed by atoms with van der Waals surface area (Å²) < 4.78 is 0. The summed E-state index contributed by atoms with van der Waals surface area (Å²) in [6.45, 7) is 7.70. The standard InChI is InChI=1S/C15H22N2OS/c1-11-9-17(10-12(2)19-11)14(18)15(3,16)13-7-5-4-6-8-13/h4-8,11-12H,9-10,16H2,1-3H3. The van der Waals surface area contributed by atoms with Crippen LogP contribution in [0.3, 0.4) is 0 Å². The summed E-state index contributed by atoms with van der Waals surface area (Å²) in [4.78, 5) is 14.6. The average Bonchev–Trinajstić information content (AvgIpc) is 2.37. The van der Waals surface area contributed by atoms with Crippen LogP contribution in [-0.4, -0.2) is 34.4 Å². The summed E-state index contributed by atoms with van der Waals surface area (Å²) in [7, 11) is 0. The molecule has 1 amide bonds. The lowest BCUT2D eigenvalue weighted by Crippen LogP contribution is -2.55. The minimum atomic E-state index is -0.942. The minimum absolute atomic E-state index is 0.0256. The van der Waals surface area contributed by atoms with Gasteiger partial charge in [0.05, 0.1) is 0 Å². The van der Waals surface area contributed by atoms with Crippen LogP contribution in [-0.2, 0) is 10.3 Å². The van der Waals surface area contributed by atoms with Crippen LogP contribution in [0.15, 0.2) is 30.3 Å². The van der Waals surface area contributed by atoms with Crippen molar-refractivity contribution in [2.75, 3.05) is 13.1 Å². The molecule has 1 aliphatic rings. The summed E-state index contributed by atoms with van der Waals surface area (Å²) in [6.07, 6.45) is 0. The van der Waals surface area contributed by atoms with Crippen molar-refractivity contribution >= 4 is 17.7 Å². The van der Waals surface area contributed by atoms with Gasteiger partial charge in [-0.25, -0.2) is 0 Å². The Morgan fingerprint density at radius 2 is 1.79 bits per heavy atom. The van der Waals surface area contributed by atoms with Crippen LogP contribution >= 0.6 is 11.8 Å². The molecule has 0 aromatic heterocycles. The largest absolute Gasteiger partial charge is 0.339 e. The van der Waals surface area contributed by atoms with Crippen LogP contribution in [0.1, 0.15) is 26.3 Å². The van der Waals surface area contributed by atoms with Gasteiger partial charge in [0.25, 0.3) is 0 Å². The summed E-state index contributed by atoms with van der Waals surface area (Å²) in [5.74, 6) is 0.0256. The van der Waals surface area contributed by atoms with Gasteiger partial charge in [-0.3, -0.25) is 4.79 Å². The van der Waals surface area contributed by atoms with Gasteiger partial charge >= 0.3 is 0 Å². The number of carbonyl (C=O) groups excluding carboxylic acids is 1. The van der Waals surface area contributed by atoms with E-state index in [1.165, 1.54) is 0 Å². The predicted molar refractivity (Wildman–Crippen MR) is 81.1 cm³/mol. The third-order valence-corrected chi connectivity index (χ3v) is 4.75. The van der Waals surface area contributed by atoms with E-state index in [1.54, 1.807) is 0 Å². The summed E-state index contributed by atoms with van der Waals surface area (Å²) >= 11 is 1.93. The van der Waals surface area contributed by atoms with Crippen LogP contribution in [0.5, 0.6) is 0 Å². The minimum Gasteiger partial charge on any atom is -0.339 e. The fourth-order valence-electron chi connectivity index (χ4n) is 2.58. The number of nitrogens with two attached hydrogens (primary N) is 1. The Hall–Kier alpha value is -1.00. The maximum Gasteiger partial charge on any atom is 0.247 e. The molecule has 3 atom stereocenters. The summed E-state index contributed by atoms with van der Waals surface area (Å²) in [5.41, 5.74) is 6.24. The first kappa shape index (κ1) is 14.4. The van der Waals surface area contributed by atoms with Gasteiger partial charge in [-0.15, -0.1) is 0 Å². The van der Waals surface area contributed by atoms with E-state index >= 15 is 0 Å². The monoisotopic (exact) mass is 278 g/mol. The number of amides is 1. The molecule has 2 N–H and O–H groups in total. The van der Waals surface area contributed by atoms with E-state index in [4.69, 9.17) is 5.73 Å². The molecule has 1 aromatic rings. The number of rotatable bonds is 2. The predicted octanol–water partition coefficient (Wildman–Crippen LogP) is 2.21. The Morgan fingerprint density at radius 3 is 2.32 bits per heavy atom. The molecule has 1 heterocycles. The van der Waals surface area contributed by atoms with Gasteiger partial charge in [0.15, 0.2) is 0 Å². The Kier molecular flexibility index (Phi) is 4.21. The smallest absolute Gasteiger partial charge is 0.247 e. The first-order valence-electron chi connectivity index (χ1n) is 6.70. The van der Waals surface area contributed by atoms with Crippen molar-refractivity contribution in [1.82, 2.24) is 4.90 Å². The Morgan fingerprint density at radius 1 is 1.26 bits per heavy atom. The molecule has 1 aliphatic heterocycles. The first-order chi connectivity index (χ1) is 8.91. The SMILES string of the molecule is CC1CN(C(=O)C(C)(N)c2ccccc2)CC(C)S1. The van der Waals surface area contributed by atoms with Crippen LogP contribution < -0.4 is 5.73 Å². The third-order valence-electron chi connectivity index (χ3n) is 3.52. The maximum atomic E-state index is 12.7. The Balaban J connectivity index is 2.18. The van der Waals surface area contributed by atoms with Gasteiger partial charge in [0.1, 0.15) is 5.54 Å². The van der Waals surface area contributed by atoms with Gasteiger partial charge in [-0.1, -0.05) is 44.2 Å². The Bertz CT molecular complexity index is 437. The highest BCUT2D eigenvalue weighted by Gasteiger charge is 2.37. The van der Waals surface area contributed by atoms with E-state index in [9.17, 15) is 4.79 Å². The second-order valence-electron chi connectivity index (χ2n) is 5.54. The van der Waals surface area contributed by atoms with Crippen molar-refractivity contribution in [3.05, 3.63) is 35.9 Å². The molecule has 104 valence electrons. The van der Waals surface area contributed by atoms with Crippen molar-refractivity contribution < 1.29 is 4.79 Å². The highest BCUT2D eigenvalue weighted by Crippen LogP contribution is 2.28. The fourth-order valence-corrected chi connectivity index (χ4v) is 3.91. The molecule has 0 radical (unpaired) electrons. The van der Waals surface area contributed by atoms with Gasteiger partial charge in [0.2, 0.25) is 5.91 Å². The van der Waals surface area contributed by atoms with Crippen molar-refractivity contribution in [3.63, 3.8) is 0 Å². The van der Waals surface area contributed by atoms with Crippen LogP contribution in [0, 0.1) is 0 Å². The molecule has 0 bridgehead atoms. The van der Waals surface area contributed by atoms with E-state index in [1.807, 2.05) is 53.9 Å². The van der Waals surface area contributed by atoms with E-state index < -0.39 is 5.54 Å². The summed E-state index contributed by atoms with van der Waals surface area (Å²) in [6, 6.07) is 9.62. The quantitative estimate of drug-likeness (QED) is 0.902. The molecule has 1 aromatic carbocycles. The summed E-state index contributed by atoms with van der Waals surface area (Å²) in [5, 5.41) is 0.943.